The smallest absolute Gasteiger partial charge is 0.267 e. The summed E-state index contributed by atoms with van der Waals surface area (Å²) < 4.78 is 2.74. The molecule has 0 spiro atoms. The number of aliphatic hydroxyl groups excluding tert-OH is 5. The lowest BCUT2D eigenvalue weighted by Gasteiger charge is -2.24. The molecule has 0 fully saturated rings. The van der Waals surface area contributed by atoms with E-state index in [2.05, 4.69) is 10.2 Å². The van der Waals surface area contributed by atoms with Crippen molar-refractivity contribution in [3.05, 3.63) is 70.8 Å². The Hall–Kier alpha value is -3.15. The van der Waals surface area contributed by atoms with Crippen LogP contribution < -0.4 is 5.56 Å². The van der Waals surface area contributed by atoms with Crippen molar-refractivity contribution in [3.63, 3.8) is 0 Å². The molecular formula is C20H20N4O6. The number of nitrogens with zero attached hydrogens (tertiary/aromatic N) is 4. The first kappa shape index (κ1) is 20.1. The molecule has 156 valence electrons. The third-order valence-corrected chi connectivity index (χ3v) is 4.98. The van der Waals surface area contributed by atoms with Crippen molar-refractivity contribution in [1.82, 2.24) is 19.2 Å². The molecule has 0 aliphatic heterocycles. The number of benzene rings is 2. The average molecular weight is 412 g/mol. The van der Waals surface area contributed by atoms with Gasteiger partial charge in [0, 0.05) is 0 Å². The molecule has 0 aliphatic rings. The first-order chi connectivity index (χ1) is 14.5. The van der Waals surface area contributed by atoms with Crippen molar-refractivity contribution in [2.75, 3.05) is 6.61 Å². The van der Waals surface area contributed by atoms with E-state index < -0.39 is 31.0 Å². The zero-order valence-electron chi connectivity index (χ0n) is 15.6. The molecule has 5 N–H and O–H groups in total. The number of hydrogen-bond acceptors (Lipinski definition) is 8. The lowest BCUT2D eigenvalue weighted by molar-refractivity contribution is -0.118. The second-order valence-corrected chi connectivity index (χ2v) is 6.86. The van der Waals surface area contributed by atoms with Crippen LogP contribution in [0.15, 0.2) is 59.4 Å². The van der Waals surface area contributed by atoms with E-state index in [1.807, 2.05) is 0 Å². The highest BCUT2D eigenvalue weighted by atomic mass is 16.4. The molecule has 30 heavy (non-hydrogen) atoms. The normalized spacial score (nSPS) is 15.9. The predicted molar refractivity (Wildman–Crippen MR) is 106 cm³/mol. The van der Waals surface area contributed by atoms with Gasteiger partial charge >= 0.3 is 0 Å². The molecule has 0 radical (unpaired) electrons. The Morgan fingerprint density at radius 2 is 1.53 bits per heavy atom. The Balaban J connectivity index is 1.98. The molecule has 0 unspecified atom stereocenters. The Kier molecular flexibility index (Phi) is 5.33. The van der Waals surface area contributed by atoms with Gasteiger partial charge < -0.3 is 25.5 Å². The molecule has 10 nitrogen and oxygen atoms in total. The van der Waals surface area contributed by atoms with Crippen molar-refractivity contribution in [2.45, 2.75) is 24.4 Å². The number of fused-ring (bicyclic) bond motifs is 3. The van der Waals surface area contributed by atoms with Crippen molar-refractivity contribution < 1.29 is 25.5 Å². The number of aromatic nitrogens is 4. The first-order valence-electron chi connectivity index (χ1n) is 9.23. The van der Waals surface area contributed by atoms with Gasteiger partial charge in [-0.05, 0) is 24.3 Å². The van der Waals surface area contributed by atoms with Crippen LogP contribution in [-0.4, -0.2) is 69.6 Å². The van der Waals surface area contributed by atoms with Crippen molar-refractivity contribution >= 4 is 16.7 Å². The quantitative estimate of drug-likeness (QED) is 0.274. The van der Waals surface area contributed by atoms with E-state index in [-0.39, 0.29) is 17.2 Å². The minimum Gasteiger partial charge on any atom is -0.394 e. The Labute approximate surface area is 169 Å². The van der Waals surface area contributed by atoms with Crippen LogP contribution in [0.4, 0.5) is 0 Å². The van der Waals surface area contributed by atoms with Gasteiger partial charge in [0.05, 0.1) is 23.2 Å². The summed E-state index contributed by atoms with van der Waals surface area (Å²) in [5.41, 5.74) is 0.588. The highest BCUT2D eigenvalue weighted by molar-refractivity contribution is 5.81. The fourth-order valence-corrected chi connectivity index (χ4v) is 3.40. The summed E-state index contributed by atoms with van der Waals surface area (Å²) in [7, 11) is 0. The van der Waals surface area contributed by atoms with E-state index in [1.165, 1.54) is 8.97 Å². The standard InChI is InChI=1S/C20H20N4O6/c25-10-14(26)15(27)16(28)17(29)18-21-22-20-23(11-6-2-1-3-7-11)19(30)12-8-4-5-9-13(12)24(18)20/h1-9,14-17,25-29H,10H2/t14-,15-,16+,17+/m1/s1. The maximum Gasteiger partial charge on any atom is 0.267 e. The van der Waals surface area contributed by atoms with E-state index in [1.54, 1.807) is 54.6 Å². The zero-order valence-corrected chi connectivity index (χ0v) is 15.6. The van der Waals surface area contributed by atoms with Crippen molar-refractivity contribution in [2.24, 2.45) is 0 Å². The van der Waals surface area contributed by atoms with Crippen molar-refractivity contribution in [3.8, 4) is 5.69 Å². The summed E-state index contributed by atoms with van der Waals surface area (Å²) >= 11 is 0. The van der Waals surface area contributed by atoms with Gasteiger partial charge in [0.2, 0.25) is 5.78 Å². The van der Waals surface area contributed by atoms with Crippen LogP contribution in [-0.2, 0) is 0 Å². The Bertz CT molecular complexity index is 1240. The topological polar surface area (TPSA) is 153 Å². The van der Waals surface area contributed by atoms with Crippen LogP contribution in [0, 0.1) is 0 Å². The van der Waals surface area contributed by atoms with Gasteiger partial charge in [-0.3, -0.25) is 9.20 Å². The van der Waals surface area contributed by atoms with Crippen LogP contribution in [0.2, 0.25) is 0 Å². The average Bonchev–Trinajstić information content (AvgIpc) is 3.22. The maximum absolute atomic E-state index is 13.2. The molecule has 4 rings (SSSR count). The molecule has 0 amide bonds. The molecule has 4 aromatic rings. The third-order valence-electron chi connectivity index (χ3n) is 4.98. The Morgan fingerprint density at radius 1 is 0.867 bits per heavy atom. The van der Waals surface area contributed by atoms with Gasteiger partial charge in [-0.15, -0.1) is 10.2 Å². The lowest BCUT2D eigenvalue weighted by atomic mass is 10.0. The highest BCUT2D eigenvalue weighted by Gasteiger charge is 2.34. The number of rotatable bonds is 6. The maximum atomic E-state index is 13.2. The second kappa shape index (κ2) is 7.94. The minimum absolute atomic E-state index is 0.100. The SMILES string of the molecule is O=c1c2ccccc2n2c([C@@H](O)[C@@H](O)[C@H](O)[C@H](O)CO)nnc2n1-c1ccccc1. The van der Waals surface area contributed by atoms with Gasteiger partial charge in [0.25, 0.3) is 5.56 Å². The number of hydrogen-bond donors (Lipinski definition) is 5. The molecule has 0 saturated heterocycles. The van der Waals surface area contributed by atoms with Crippen LogP contribution in [0.1, 0.15) is 11.9 Å². The lowest BCUT2D eigenvalue weighted by Crippen LogP contribution is -2.43. The van der Waals surface area contributed by atoms with Gasteiger partial charge in [-0.1, -0.05) is 30.3 Å². The van der Waals surface area contributed by atoms with Crippen LogP contribution in [0.3, 0.4) is 0 Å². The predicted octanol–water partition coefficient (Wildman–Crippen LogP) is -0.858. The highest BCUT2D eigenvalue weighted by Crippen LogP contribution is 2.24. The zero-order chi connectivity index (χ0) is 21.4. The summed E-state index contributed by atoms with van der Waals surface area (Å²) in [4.78, 5) is 13.2. The van der Waals surface area contributed by atoms with Gasteiger partial charge in [0.15, 0.2) is 5.82 Å². The fourth-order valence-electron chi connectivity index (χ4n) is 3.40. The molecular weight excluding hydrogens is 392 g/mol. The molecule has 0 saturated carbocycles. The molecule has 0 bridgehead atoms. The molecule has 2 aromatic heterocycles. The van der Waals surface area contributed by atoms with E-state index in [4.69, 9.17) is 5.11 Å². The van der Waals surface area contributed by atoms with E-state index in [0.29, 0.717) is 16.6 Å². The Morgan fingerprint density at radius 3 is 2.23 bits per heavy atom. The number of aliphatic hydroxyl groups is 5. The fraction of sp³-hybridized carbons (Fsp3) is 0.250. The molecule has 10 heteroatoms. The van der Waals surface area contributed by atoms with E-state index >= 15 is 0 Å². The van der Waals surface area contributed by atoms with Crippen molar-refractivity contribution in [1.29, 1.82) is 0 Å². The largest absolute Gasteiger partial charge is 0.394 e. The molecule has 4 atom stereocenters. The van der Waals surface area contributed by atoms with E-state index in [9.17, 15) is 25.2 Å². The summed E-state index contributed by atoms with van der Waals surface area (Å²) in [5, 5.41) is 57.9. The molecule has 2 heterocycles. The van der Waals surface area contributed by atoms with Gasteiger partial charge in [-0.25, -0.2) is 4.57 Å². The molecule has 2 aromatic carbocycles. The van der Waals surface area contributed by atoms with Crippen LogP contribution in [0.25, 0.3) is 22.4 Å². The van der Waals surface area contributed by atoms with Gasteiger partial charge in [0.1, 0.15) is 24.4 Å². The monoisotopic (exact) mass is 412 g/mol. The van der Waals surface area contributed by atoms with Crippen LogP contribution >= 0.6 is 0 Å². The van der Waals surface area contributed by atoms with E-state index in [0.717, 1.165) is 0 Å². The van der Waals surface area contributed by atoms with Crippen LogP contribution in [0.5, 0.6) is 0 Å². The molecule has 0 aliphatic carbocycles. The number of para-hydroxylation sites is 2. The summed E-state index contributed by atoms with van der Waals surface area (Å²) in [6, 6.07) is 15.4. The third kappa shape index (κ3) is 3.16. The summed E-state index contributed by atoms with van der Waals surface area (Å²) in [5.74, 6) is -0.0362. The summed E-state index contributed by atoms with van der Waals surface area (Å²) in [6.07, 6.45) is -7.12. The minimum atomic E-state index is -1.87. The summed E-state index contributed by atoms with van der Waals surface area (Å²) in [6.45, 7) is -0.804. The second-order valence-electron chi connectivity index (χ2n) is 6.86. The van der Waals surface area contributed by atoms with Gasteiger partial charge in [-0.2, -0.15) is 0 Å². The first-order valence-corrected chi connectivity index (χ1v) is 9.23.